The van der Waals surface area contributed by atoms with Gasteiger partial charge < -0.3 is 9.52 Å². The van der Waals surface area contributed by atoms with Crippen molar-refractivity contribution in [2.45, 2.75) is 6.18 Å². The maximum atomic E-state index is 12.7. The Morgan fingerprint density at radius 3 is 2.31 bits per heavy atom. The second-order valence-corrected chi connectivity index (χ2v) is 6.35. The molecule has 0 atom stereocenters. The fourth-order valence-corrected chi connectivity index (χ4v) is 2.79. The third-order valence-corrected chi connectivity index (χ3v) is 4.37. The van der Waals surface area contributed by atoms with E-state index in [1.54, 1.807) is 12.1 Å². The first-order valence-corrected chi connectivity index (χ1v) is 8.49. The monoisotopic (exact) mass is 417 g/mol. The number of carboxylic acids is 1. The summed E-state index contributed by atoms with van der Waals surface area (Å²) in [4.78, 5) is 11.1. The molecule has 2 aromatic carbocycles. The topological polar surface area (TPSA) is 74.2 Å². The highest BCUT2D eigenvalue weighted by atomic mass is 35.5. The van der Waals surface area contributed by atoms with Crippen molar-refractivity contribution >= 4 is 29.2 Å². The van der Waals surface area contributed by atoms with Crippen molar-refractivity contribution in [3.63, 3.8) is 0 Å². The van der Waals surface area contributed by atoms with Gasteiger partial charge in [0.2, 0.25) is 0 Å². The summed E-state index contributed by atoms with van der Waals surface area (Å²) >= 11 is 6.11. The van der Waals surface area contributed by atoms with Gasteiger partial charge in [0.05, 0.1) is 27.8 Å². The largest absolute Gasteiger partial charge is 0.478 e. The smallest absolute Gasteiger partial charge is 0.416 e. The number of nitriles is 1. The number of allylic oxidation sites excluding steroid dienone is 1. The molecule has 0 bridgehead atoms. The molecule has 0 unspecified atom stereocenters. The van der Waals surface area contributed by atoms with E-state index < -0.39 is 17.7 Å². The van der Waals surface area contributed by atoms with Gasteiger partial charge in [-0.25, -0.2) is 4.79 Å². The lowest BCUT2D eigenvalue weighted by atomic mass is 10.0. The zero-order valence-corrected chi connectivity index (χ0v) is 15.3. The molecular formula is C21H11ClF3NO3. The number of halogens is 4. The molecule has 0 amide bonds. The quantitative estimate of drug-likeness (QED) is 0.500. The number of hydrogen-bond acceptors (Lipinski definition) is 3. The van der Waals surface area contributed by atoms with Crippen LogP contribution in [0.4, 0.5) is 13.2 Å². The molecule has 0 aliphatic rings. The van der Waals surface area contributed by atoms with Crippen LogP contribution in [-0.2, 0) is 6.18 Å². The minimum absolute atomic E-state index is 0.0281. The summed E-state index contributed by atoms with van der Waals surface area (Å²) in [6.07, 6.45) is -3.09. The summed E-state index contributed by atoms with van der Waals surface area (Å²) in [7, 11) is 0. The van der Waals surface area contributed by atoms with E-state index in [9.17, 15) is 23.2 Å². The van der Waals surface area contributed by atoms with E-state index in [1.165, 1.54) is 36.4 Å². The summed E-state index contributed by atoms with van der Waals surface area (Å²) < 4.78 is 43.7. The minimum Gasteiger partial charge on any atom is -0.478 e. The Kier molecular flexibility index (Phi) is 5.48. The minimum atomic E-state index is -4.46. The average Bonchev–Trinajstić information content (AvgIpc) is 3.14. The van der Waals surface area contributed by atoms with Crippen molar-refractivity contribution in [1.29, 1.82) is 5.26 Å². The van der Waals surface area contributed by atoms with Crippen molar-refractivity contribution in [1.82, 2.24) is 0 Å². The second-order valence-electron chi connectivity index (χ2n) is 5.95. The first-order chi connectivity index (χ1) is 13.7. The molecule has 3 rings (SSSR count). The number of furan rings is 1. The van der Waals surface area contributed by atoms with E-state index in [1.807, 2.05) is 6.07 Å². The van der Waals surface area contributed by atoms with E-state index in [2.05, 4.69) is 0 Å². The highest BCUT2D eigenvalue weighted by molar-refractivity contribution is 6.33. The summed E-state index contributed by atoms with van der Waals surface area (Å²) in [5.41, 5.74) is -0.0271. The average molecular weight is 418 g/mol. The third-order valence-electron chi connectivity index (χ3n) is 4.04. The van der Waals surface area contributed by atoms with Crippen molar-refractivity contribution in [3.8, 4) is 17.4 Å². The molecule has 0 aliphatic carbocycles. The number of hydrogen-bond donors (Lipinski definition) is 1. The molecule has 1 heterocycles. The summed E-state index contributed by atoms with van der Waals surface area (Å²) in [6.45, 7) is 0. The Bertz CT molecular complexity index is 1140. The summed E-state index contributed by atoms with van der Waals surface area (Å²) in [6, 6.07) is 13.4. The van der Waals surface area contributed by atoms with Gasteiger partial charge in [0.1, 0.15) is 11.5 Å². The SMILES string of the molecule is N#C/C(=C/c1ccc(-c2cc(C(=O)O)ccc2Cl)o1)c1ccc(C(F)(F)F)cc1. The summed E-state index contributed by atoms with van der Waals surface area (Å²) in [5.74, 6) is -0.578. The van der Waals surface area contributed by atoms with Crippen LogP contribution in [0.3, 0.4) is 0 Å². The zero-order chi connectivity index (χ0) is 21.2. The number of benzene rings is 2. The fraction of sp³-hybridized carbons (Fsp3) is 0.0476. The Hall–Kier alpha value is -3.50. The van der Waals surface area contributed by atoms with Crippen LogP contribution in [-0.4, -0.2) is 11.1 Å². The second kappa shape index (κ2) is 7.86. The molecule has 29 heavy (non-hydrogen) atoms. The molecule has 146 valence electrons. The molecule has 8 heteroatoms. The lowest BCUT2D eigenvalue weighted by Gasteiger charge is -2.07. The highest BCUT2D eigenvalue weighted by Gasteiger charge is 2.30. The van der Waals surface area contributed by atoms with Crippen molar-refractivity contribution in [2.24, 2.45) is 0 Å². The van der Waals surface area contributed by atoms with Crippen molar-refractivity contribution in [3.05, 3.63) is 82.1 Å². The maximum Gasteiger partial charge on any atom is 0.416 e. The predicted molar refractivity (Wildman–Crippen MR) is 101 cm³/mol. The lowest BCUT2D eigenvalue weighted by molar-refractivity contribution is -0.137. The first kappa shape index (κ1) is 20.2. The standard InChI is InChI=1S/C21H11ClF3NO3/c22-18-7-3-13(20(27)28)10-17(18)19-8-6-16(29-19)9-14(11-26)12-1-4-15(5-2-12)21(23,24)25/h1-10H,(H,27,28)/b14-9-. The number of aromatic carboxylic acids is 1. The van der Waals surface area contributed by atoms with Crippen LogP contribution in [0.5, 0.6) is 0 Å². The molecule has 3 aromatic rings. The Morgan fingerprint density at radius 1 is 1.07 bits per heavy atom. The van der Waals surface area contributed by atoms with E-state index >= 15 is 0 Å². The number of nitrogens with zero attached hydrogens (tertiary/aromatic N) is 1. The van der Waals surface area contributed by atoms with E-state index in [0.29, 0.717) is 11.1 Å². The first-order valence-electron chi connectivity index (χ1n) is 8.11. The van der Waals surface area contributed by atoms with Gasteiger partial charge in [-0.15, -0.1) is 0 Å². The molecule has 0 fully saturated rings. The molecule has 4 nitrogen and oxygen atoms in total. The van der Waals surface area contributed by atoms with Gasteiger partial charge in [0.15, 0.2) is 0 Å². The normalized spacial score (nSPS) is 11.9. The fourth-order valence-electron chi connectivity index (χ4n) is 2.58. The van der Waals surface area contributed by atoms with Crippen LogP contribution in [0, 0.1) is 11.3 Å². The van der Waals surface area contributed by atoms with Gasteiger partial charge in [-0.3, -0.25) is 0 Å². The third kappa shape index (κ3) is 4.50. The Labute approximate surface area is 168 Å². The van der Waals surface area contributed by atoms with E-state index in [-0.39, 0.29) is 27.7 Å². The van der Waals surface area contributed by atoms with Crippen LogP contribution in [0.15, 0.2) is 59.0 Å². The van der Waals surface area contributed by atoms with Crippen LogP contribution >= 0.6 is 11.6 Å². The van der Waals surface area contributed by atoms with Crippen LogP contribution in [0.2, 0.25) is 5.02 Å². The number of alkyl halides is 3. The zero-order valence-electron chi connectivity index (χ0n) is 14.5. The number of rotatable bonds is 4. The highest BCUT2D eigenvalue weighted by Crippen LogP contribution is 2.33. The molecule has 0 spiro atoms. The Morgan fingerprint density at radius 2 is 1.72 bits per heavy atom. The van der Waals surface area contributed by atoms with Crippen LogP contribution < -0.4 is 0 Å². The van der Waals surface area contributed by atoms with Gasteiger partial charge in [-0.2, -0.15) is 18.4 Å². The van der Waals surface area contributed by atoms with Gasteiger partial charge >= 0.3 is 12.1 Å². The Balaban J connectivity index is 1.94. The van der Waals surface area contributed by atoms with Gasteiger partial charge in [0, 0.05) is 5.56 Å². The lowest BCUT2D eigenvalue weighted by Crippen LogP contribution is -2.04. The molecular weight excluding hydrogens is 407 g/mol. The molecule has 1 N–H and O–H groups in total. The van der Waals surface area contributed by atoms with Gasteiger partial charge in [0.25, 0.3) is 0 Å². The molecule has 0 saturated carbocycles. The van der Waals surface area contributed by atoms with E-state index in [0.717, 1.165) is 12.1 Å². The van der Waals surface area contributed by atoms with Crippen LogP contribution in [0.25, 0.3) is 23.0 Å². The van der Waals surface area contributed by atoms with Crippen molar-refractivity contribution in [2.75, 3.05) is 0 Å². The molecule has 0 radical (unpaired) electrons. The molecule has 1 aromatic heterocycles. The van der Waals surface area contributed by atoms with Gasteiger partial charge in [-0.1, -0.05) is 23.7 Å². The van der Waals surface area contributed by atoms with Crippen LogP contribution in [0.1, 0.15) is 27.2 Å². The number of carboxylic acid groups (broad SMARTS) is 1. The predicted octanol–water partition coefficient (Wildman–Crippen LogP) is 6.38. The molecule has 0 aliphatic heterocycles. The maximum absolute atomic E-state index is 12.7. The van der Waals surface area contributed by atoms with Gasteiger partial charge in [-0.05, 0) is 54.1 Å². The van der Waals surface area contributed by atoms with E-state index in [4.69, 9.17) is 21.1 Å². The number of carbonyl (C=O) groups is 1. The van der Waals surface area contributed by atoms with Crippen molar-refractivity contribution < 1.29 is 27.5 Å². The molecule has 0 saturated heterocycles. The summed E-state index contributed by atoms with van der Waals surface area (Å²) in [5, 5.41) is 18.8.